The van der Waals surface area contributed by atoms with Crippen molar-refractivity contribution in [1.29, 1.82) is 0 Å². The van der Waals surface area contributed by atoms with Crippen LogP contribution in [0.1, 0.15) is 27.8 Å². The molecule has 2 aliphatic rings. The quantitative estimate of drug-likeness (QED) is 0.780. The Bertz CT molecular complexity index is 895. The molecule has 0 fully saturated rings. The molecule has 2 aliphatic heterocycles. The predicted octanol–water partition coefficient (Wildman–Crippen LogP) is 2.08. The minimum atomic E-state index is -0.156. The molecule has 0 aliphatic carbocycles. The summed E-state index contributed by atoms with van der Waals surface area (Å²) in [5.74, 6) is 1.19. The van der Waals surface area contributed by atoms with E-state index in [9.17, 15) is 4.79 Å². The van der Waals surface area contributed by atoms with E-state index in [1.165, 1.54) is 0 Å². The van der Waals surface area contributed by atoms with Crippen LogP contribution in [0.15, 0.2) is 29.4 Å². The highest BCUT2D eigenvalue weighted by Crippen LogP contribution is 2.35. The van der Waals surface area contributed by atoms with Crippen LogP contribution in [0.25, 0.3) is 0 Å². The number of amides is 1. The molecular formula is C19H19N3O3. The van der Waals surface area contributed by atoms with Crippen molar-refractivity contribution in [3.63, 3.8) is 0 Å². The van der Waals surface area contributed by atoms with E-state index in [0.717, 1.165) is 33.5 Å². The molecule has 2 aromatic carbocycles. The third-order valence-electron chi connectivity index (χ3n) is 4.53. The molecule has 6 nitrogen and oxygen atoms in total. The number of hydrogen-bond donors (Lipinski definition) is 2. The third-order valence-corrected chi connectivity index (χ3v) is 4.53. The van der Waals surface area contributed by atoms with Crippen LogP contribution in [0.2, 0.25) is 0 Å². The zero-order valence-electron chi connectivity index (χ0n) is 14.2. The van der Waals surface area contributed by atoms with Crippen LogP contribution in [0, 0.1) is 13.8 Å². The van der Waals surface area contributed by atoms with Crippen LogP contribution >= 0.6 is 0 Å². The molecule has 0 atom stereocenters. The van der Waals surface area contributed by atoms with Crippen LogP contribution in [-0.2, 0) is 11.2 Å². The highest BCUT2D eigenvalue weighted by molar-refractivity contribution is 6.15. The molecule has 0 saturated heterocycles. The number of hydrogen-bond acceptors (Lipinski definition) is 5. The van der Waals surface area contributed by atoms with E-state index in [-0.39, 0.29) is 12.3 Å². The number of aryl methyl sites for hydroxylation is 2. The summed E-state index contributed by atoms with van der Waals surface area (Å²) in [6, 6.07) is 7.75. The van der Waals surface area contributed by atoms with Crippen molar-refractivity contribution in [2.24, 2.45) is 5.10 Å². The van der Waals surface area contributed by atoms with E-state index in [2.05, 4.69) is 10.5 Å². The zero-order valence-corrected chi connectivity index (χ0v) is 14.2. The van der Waals surface area contributed by atoms with Crippen LogP contribution in [0.5, 0.6) is 11.5 Å². The van der Waals surface area contributed by atoms with Crippen molar-refractivity contribution >= 4 is 17.3 Å². The normalized spacial score (nSPS) is 15.8. The summed E-state index contributed by atoms with van der Waals surface area (Å²) in [6.07, 6.45) is 0.242. The Morgan fingerprint density at radius 1 is 1.04 bits per heavy atom. The maximum atomic E-state index is 12.1. The number of ether oxygens (including phenoxy) is 2. The summed E-state index contributed by atoms with van der Waals surface area (Å²) in [5.41, 5.74) is 14.8. The lowest BCUT2D eigenvalue weighted by Crippen LogP contribution is -2.18. The van der Waals surface area contributed by atoms with Gasteiger partial charge >= 0.3 is 0 Å². The molecule has 0 aromatic heterocycles. The Kier molecular flexibility index (Phi) is 3.60. The van der Waals surface area contributed by atoms with Gasteiger partial charge in [-0.15, -0.1) is 0 Å². The Hall–Kier alpha value is -3.02. The fourth-order valence-corrected chi connectivity index (χ4v) is 3.22. The maximum absolute atomic E-state index is 12.1. The lowest BCUT2D eigenvalue weighted by Gasteiger charge is -2.21. The smallest absolute Gasteiger partial charge is 0.244 e. The number of benzene rings is 2. The SMILES string of the molecule is Cc1cc(C2=NNC(=O)Cc3cc4c(cc32)OCCO4)cc(C)c1N. The number of anilines is 1. The van der Waals surface area contributed by atoms with Gasteiger partial charge in [0.2, 0.25) is 5.91 Å². The van der Waals surface area contributed by atoms with Gasteiger partial charge < -0.3 is 15.2 Å². The average molecular weight is 337 g/mol. The molecule has 1 amide bonds. The highest BCUT2D eigenvalue weighted by atomic mass is 16.6. The second-order valence-electron chi connectivity index (χ2n) is 6.35. The topological polar surface area (TPSA) is 85.9 Å². The van der Waals surface area contributed by atoms with Crippen molar-refractivity contribution in [3.05, 3.63) is 52.1 Å². The van der Waals surface area contributed by atoms with Gasteiger partial charge in [0, 0.05) is 16.8 Å². The van der Waals surface area contributed by atoms with Gasteiger partial charge in [0.25, 0.3) is 0 Å². The minimum Gasteiger partial charge on any atom is -0.486 e. The second kappa shape index (κ2) is 5.81. The van der Waals surface area contributed by atoms with E-state index in [1.807, 2.05) is 38.1 Å². The number of nitrogen functional groups attached to an aromatic ring is 1. The van der Waals surface area contributed by atoms with Crippen molar-refractivity contribution in [1.82, 2.24) is 5.43 Å². The summed E-state index contributed by atoms with van der Waals surface area (Å²) in [5, 5.41) is 4.36. The van der Waals surface area contributed by atoms with Crippen molar-refractivity contribution in [2.75, 3.05) is 18.9 Å². The molecule has 2 heterocycles. The van der Waals surface area contributed by atoms with Crippen molar-refractivity contribution in [2.45, 2.75) is 20.3 Å². The summed E-state index contributed by atoms with van der Waals surface area (Å²) >= 11 is 0. The molecule has 4 rings (SSSR count). The van der Waals surface area contributed by atoms with Gasteiger partial charge in [0.1, 0.15) is 13.2 Å². The summed E-state index contributed by atoms with van der Waals surface area (Å²) < 4.78 is 11.4. The molecule has 25 heavy (non-hydrogen) atoms. The highest BCUT2D eigenvalue weighted by Gasteiger charge is 2.24. The molecule has 2 aromatic rings. The van der Waals surface area contributed by atoms with Gasteiger partial charge in [-0.2, -0.15) is 5.10 Å². The minimum absolute atomic E-state index is 0.156. The number of rotatable bonds is 1. The predicted molar refractivity (Wildman–Crippen MR) is 95.2 cm³/mol. The van der Waals surface area contributed by atoms with Gasteiger partial charge in [-0.1, -0.05) is 0 Å². The fourth-order valence-electron chi connectivity index (χ4n) is 3.22. The summed E-state index contributed by atoms with van der Waals surface area (Å²) in [4.78, 5) is 12.1. The lowest BCUT2D eigenvalue weighted by atomic mass is 9.93. The standard InChI is InChI=1S/C19H19N3O3/c1-10-5-13(6-11(2)18(10)20)19-14-9-16-15(24-3-4-25-16)7-12(14)8-17(23)21-22-19/h5-7,9H,3-4,8,20H2,1-2H3,(H,21,23). The maximum Gasteiger partial charge on any atom is 0.244 e. The number of nitrogens with zero attached hydrogens (tertiary/aromatic N) is 1. The molecule has 0 bridgehead atoms. The van der Waals surface area contributed by atoms with Crippen LogP contribution < -0.4 is 20.6 Å². The van der Waals surface area contributed by atoms with E-state index in [1.54, 1.807) is 0 Å². The largest absolute Gasteiger partial charge is 0.486 e. The molecule has 0 unspecified atom stereocenters. The Balaban J connectivity index is 1.91. The number of nitrogens with two attached hydrogens (primary N) is 1. The Morgan fingerprint density at radius 3 is 2.36 bits per heavy atom. The monoisotopic (exact) mass is 337 g/mol. The molecule has 0 spiro atoms. The number of carbonyl (C=O) groups excluding carboxylic acids is 1. The number of carbonyl (C=O) groups is 1. The summed E-state index contributed by atoms with van der Waals surface area (Å²) in [6.45, 7) is 4.95. The molecule has 128 valence electrons. The van der Waals surface area contributed by atoms with E-state index >= 15 is 0 Å². The lowest BCUT2D eigenvalue weighted by molar-refractivity contribution is -0.120. The first-order valence-corrected chi connectivity index (χ1v) is 8.19. The summed E-state index contributed by atoms with van der Waals surface area (Å²) in [7, 11) is 0. The molecule has 6 heteroatoms. The fraction of sp³-hybridized carbons (Fsp3) is 0.263. The number of nitrogens with one attached hydrogen (secondary N) is 1. The number of fused-ring (bicyclic) bond motifs is 2. The van der Waals surface area contributed by atoms with Gasteiger partial charge in [-0.25, -0.2) is 5.43 Å². The van der Waals surface area contributed by atoms with Gasteiger partial charge in [-0.05, 0) is 54.8 Å². The third kappa shape index (κ3) is 2.69. The van der Waals surface area contributed by atoms with Crippen molar-refractivity contribution < 1.29 is 14.3 Å². The first-order chi connectivity index (χ1) is 12.0. The number of hydrazone groups is 1. The molecular weight excluding hydrogens is 318 g/mol. The van der Waals surface area contributed by atoms with Crippen LogP contribution in [-0.4, -0.2) is 24.8 Å². The first kappa shape index (κ1) is 15.5. The first-order valence-electron chi connectivity index (χ1n) is 8.19. The Morgan fingerprint density at radius 2 is 1.68 bits per heavy atom. The molecule has 3 N–H and O–H groups in total. The van der Waals surface area contributed by atoms with Crippen LogP contribution in [0.3, 0.4) is 0 Å². The van der Waals surface area contributed by atoms with Gasteiger partial charge in [-0.3, -0.25) is 4.79 Å². The van der Waals surface area contributed by atoms with Gasteiger partial charge in [0.15, 0.2) is 11.5 Å². The van der Waals surface area contributed by atoms with Gasteiger partial charge in [0.05, 0.1) is 12.1 Å². The van der Waals surface area contributed by atoms with Crippen molar-refractivity contribution in [3.8, 4) is 11.5 Å². The molecule has 0 radical (unpaired) electrons. The van der Waals surface area contributed by atoms with E-state index < -0.39 is 0 Å². The second-order valence-corrected chi connectivity index (χ2v) is 6.35. The average Bonchev–Trinajstić information content (AvgIpc) is 2.75. The Labute approximate surface area is 145 Å². The zero-order chi connectivity index (χ0) is 17.6. The van der Waals surface area contributed by atoms with E-state index in [0.29, 0.717) is 30.4 Å². The van der Waals surface area contributed by atoms with Crippen LogP contribution in [0.4, 0.5) is 5.69 Å². The molecule has 0 saturated carbocycles. The van der Waals surface area contributed by atoms with E-state index in [4.69, 9.17) is 15.2 Å².